The van der Waals surface area contributed by atoms with Gasteiger partial charge in [-0.3, -0.25) is 0 Å². The third kappa shape index (κ3) is 5.61. The van der Waals surface area contributed by atoms with Gasteiger partial charge in [-0.05, 0) is 49.6 Å². The molecule has 0 bridgehead atoms. The zero-order chi connectivity index (χ0) is 19.1. The van der Waals surface area contributed by atoms with E-state index in [-0.39, 0.29) is 17.5 Å². The number of nitrogens with one attached hydrogen (secondary N) is 2. The molecule has 2 amide bonds. The molecular weight excluding hydrogens is 342 g/mol. The Morgan fingerprint density at radius 1 is 1.12 bits per heavy atom. The molecule has 0 aliphatic rings. The Kier molecular flexibility index (Phi) is 6.77. The number of benzene rings is 2. The summed E-state index contributed by atoms with van der Waals surface area (Å²) < 4.78 is 34.1. The van der Waals surface area contributed by atoms with Crippen molar-refractivity contribution in [2.45, 2.75) is 26.9 Å². The molecule has 0 radical (unpaired) electrons. The number of methoxy groups -OCH3 is 1. The minimum atomic E-state index is -2.91. The molecule has 0 unspecified atom stereocenters. The van der Waals surface area contributed by atoms with Crippen molar-refractivity contribution in [3.63, 3.8) is 0 Å². The van der Waals surface area contributed by atoms with Crippen LogP contribution in [-0.4, -0.2) is 26.3 Å². The summed E-state index contributed by atoms with van der Waals surface area (Å²) in [4.78, 5) is 12.0. The first-order valence-corrected chi connectivity index (χ1v) is 8.13. The highest BCUT2D eigenvalue weighted by Gasteiger charge is 2.11. The number of ether oxygens (including phenoxy) is 2. The van der Waals surface area contributed by atoms with E-state index in [1.54, 1.807) is 12.1 Å². The van der Waals surface area contributed by atoms with E-state index in [2.05, 4.69) is 15.4 Å². The maximum Gasteiger partial charge on any atom is 0.387 e. The molecule has 7 heteroatoms. The highest BCUT2D eigenvalue weighted by atomic mass is 19.3. The van der Waals surface area contributed by atoms with E-state index in [1.165, 1.54) is 13.2 Å². The lowest BCUT2D eigenvalue weighted by Crippen LogP contribution is -2.30. The van der Waals surface area contributed by atoms with Crippen LogP contribution in [0.15, 0.2) is 36.4 Å². The van der Waals surface area contributed by atoms with Gasteiger partial charge in [-0.15, -0.1) is 0 Å². The van der Waals surface area contributed by atoms with Crippen LogP contribution in [0.2, 0.25) is 0 Å². The van der Waals surface area contributed by atoms with Crippen molar-refractivity contribution in [1.82, 2.24) is 5.32 Å². The van der Waals surface area contributed by atoms with Gasteiger partial charge in [0, 0.05) is 12.2 Å². The van der Waals surface area contributed by atoms with Crippen molar-refractivity contribution in [2.75, 3.05) is 19.0 Å². The number of rotatable bonds is 7. The zero-order valence-corrected chi connectivity index (χ0v) is 14.9. The molecule has 2 aromatic rings. The molecule has 0 spiro atoms. The van der Waals surface area contributed by atoms with Gasteiger partial charge < -0.3 is 20.1 Å². The molecule has 0 aromatic heterocycles. The fourth-order valence-electron chi connectivity index (χ4n) is 2.50. The van der Waals surface area contributed by atoms with Crippen LogP contribution in [0.25, 0.3) is 0 Å². The Labute approximate surface area is 151 Å². The van der Waals surface area contributed by atoms with Gasteiger partial charge in [0.2, 0.25) is 0 Å². The van der Waals surface area contributed by atoms with Crippen LogP contribution in [0, 0.1) is 13.8 Å². The van der Waals surface area contributed by atoms with Crippen LogP contribution in [0.3, 0.4) is 0 Å². The SMILES string of the molecule is COc1cc(CCNC(=O)Nc2ccc(C)cc2C)ccc1OC(F)F. The van der Waals surface area contributed by atoms with E-state index in [9.17, 15) is 13.6 Å². The summed E-state index contributed by atoms with van der Waals surface area (Å²) in [6, 6.07) is 10.2. The van der Waals surface area contributed by atoms with Gasteiger partial charge in [-0.1, -0.05) is 23.8 Å². The topological polar surface area (TPSA) is 59.6 Å². The number of anilines is 1. The fourth-order valence-corrected chi connectivity index (χ4v) is 2.50. The normalized spacial score (nSPS) is 10.5. The Morgan fingerprint density at radius 3 is 2.54 bits per heavy atom. The summed E-state index contributed by atoms with van der Waals surface area (Å²) in [5, 5.41) is 5.56. The monoisotopic (exact) mass is 364 g/mol. The lowest BCUT2D eigenvalue weighted by atomic mass is 10.1. The summed E-state index contributed by atoms with van der Waals surface area (Å²) in [5.41, 5.74) is 3.69. The number of hydrogen-bond acceptors (Lipinski definition) is 3. The molecule has 0 aliphatic heterocycles. The van der Waals surface area contributed by atoms with E-state index >= 15 is 0 Å². The molecule has 0 fully saturated rings. The minimum absolute atomic E-state index is 0.0215. The molecule has 0 atom stereocenters. The Hall–Kier alpha value is -2.83. The molecule has 5 nitrogen and oxygen atoms in total. The highest BCUT2D eigenvalue weighted by molar-refractivity contribution is 5.90. The van der Waals surface area contributed by atoms with Gasteiger partial charge in [-0.2, -0.15) is 8.78 Å². The quantitative estimate of drug-likeness (QED) is 0.771. The average Bonchev–Trinajstić information content (AvgIpc) is 2.58. The molecular formula is C19H22F2N2O3. The third-order valence-electron chi connectivity index (χ3n) is 3.77. The van der Waals surface area contributed by atoms with E-state index < -0.39 is 6.61 Å². The van der Waals surface area contributed by atoms with Crippen LogP contribution < -0.4 is 20.1 Å². The van der Waals surface area contributed by atoms with Crippen molar-refractivity contribution in [3.8, 4) is 11.5 Å². The predicted octanol–water partition coefficient (Wildman–Crippen LogP) is 4.28. The van der Waals surface area contributed by atoms with Crippen LogP contribution in [0.4, 0.5) is 19.3 Å². The second kappa shape index (κ2) is 9.03. The molecule has 26 heavy (non-hydrogen) atoms. The van der Waals surface area contributed by atoms with E-state index in [4.69, 9.17) is 4.74 Å². The number of carbonyl (C=O) groups excluding carboxylic acids is 1. The van der Waals surface area contributed by atoms with E-state index in [1.807, 2.05) is 32.0 Å². The van der Waals surface area contributed by atoms with Gasteiger partial charge in [0.05, 0.1) is 7.11 Å². The van der Waals surface area contributed by atoms with Crippen LogP contribution in [0.1, 0.15) is 16.7 Å². The van der Waals surface area contributed by atoms with Gasteiger partial charge in [0.1, 0.15) is 0 Å². The number of halogens is 2. The Balaban J connectivity index is 1.87. The largest absolute Gasteiger partial charge is 0.493 e. The van der Waals surface area contributed by atoms with Crippen molar-refractivity contribution in [2.24, 2.45) is 0 Å². The van der Waals surface area contributed by atoms with Gasteiger partial charge in [-0.25, -0.2) is 4.79 Å². The summed E-state index contributed by atoms with van der Waals surface area (Å²) in [6.07, 6.45) is 0.519. The third-order valence-corrected chi connectivity index (χ3v) is 3.77. The summed E-state index contributed by atoms with van der Waals surface area (Å²) >= 11 is 0. The summed E-state index contributed by atoms with van der Waals surface area (Å²) in [6.45, 7) is 1.39. The second-order valence-corrected chi connectivity index (χ2v) is 5.81. The van der Waals surface area contributed by atoms with Gasteiger partial charge in [0.25, 0.3) is 0 Å². The zero-order valence-electron chi connectivity index (χ0n) is 14.9. The van der Waals surface area contributed by atoms with Crippen molar-refractivity contribution in [1.29, 1.82) is 0 Å². The van der Waals surface area contributed by atoms with Crippen molar-refractivity contribution < 1.29 is 23.0 Å². The molecule has 2 rings (SSSR count). The molecule has 0 heterocycles. The highest BCUT2D eigenvalue weighted by Crippen LogP contribution is 2.29. The second-order valence-electron chi connectivity index (χ2n) is 5.81. The number of amides is 2. The number of hydrogen-bond donors (Lipinski definition) is 2. The molecule has 0 saturated carbocycles. The molecule has 2 aromatic carbocycles. The van der Waals surface area contributed by atoms with E-state index in [0.717, 1.165) is 22.4 Å². The summed E-state index contributed by atoms with van der Waals surface area (Å²) in [5.74, 6) is 0.203. The first-order chi connectivity index (χ1) is 12.4. The molecule has 0 saturated heterocycles. The molecule has 0 aliphatic carbocycles. The number of carbonyl (C=O) groups is 1. The maximum absolute atomic E-state index is 12.3. The lowest BCUT2D eigenvalue weighted by molar-refractivity contribution is -0.0512. The maximum atomic E-state index is 12.3. The molecule has 140 valence electrons. The predicted molar refractivity (Wildman–Crippen MR) is 96.3 cm³/mol. The van der Waals surface area contributed by atoms with Crippen LogP contribution >= 0.6 is 0 Å². The van der Waals surface area contributed by atoms with Crippen molar-refractivity contribution in [3.05, 3.63) is 53.1 Å². The number of alkyl halides is 2. The van der Waals surface area contributed by atoms with Crippen molar-refractivity contribution >= 4 is 11.7 Å². The van der Waals surface area contributed by atoms with E-state index in [0.29, 0.717) is 13.0 Å². The Morgan fingerprint density at radius 2 is 1.88 bits per heavy atom. The summed E-state index contributed by atoms with van der Waals surface area (Å²) in [7, 11) is 1.38. The Bertz CT molecular complexity index is 766. The van der Waals surface area contributed by atoms with Gasteiger partial charge >= 0.3 is 12.6 Å². The number of aryl methyl sites for hydroxylation is 2. The standard InChI is InChI=1S/C19H22F2N2O3/c1-12-4-6-15(13(2)10-12)23-19(24)22-9-8-14-5-7-16(26-18(20)21)17(11-14)25-3/h4-7,10-11,18H,8-9H2,1-3H3,(H2,22,23,24). The molecule has 2 N–H and O–H groups in total. The van der Waals surface area contributed by atoms with Crippen LogP contribution in [0.5, 0.6) is 11.5 Å². The first kappa shape index (κ1) is 19.5. The smallest absolute Gasteiger partial charge is 0.387 e. The van der Waals surface area contributed by atoms with Gasteiger partial charge in [0.15, 0.2) is 11.5 Å². The average molecular weight is 364 g/mol. The van der Waals surface area contributed by atoms with Crippen LogP contribution in [-0.2, 0) is 6.42 Å². The fraction of sp³-hybridized carbons (Fsp3) is 0.316. The number of urea groups is 1. The lowest BCUT2D eigenvalue weighted by Gasteiger charge is -2.12. The minimum Gasteiger partial charge on any atom is -0.493 e. The first-order valence-electron chi connectivity index (χ1n) is 8.13.